The monoisotopic (exact) mass is 462 g/mol. The number of allylic oxidation sites excluding steroid dienone is 4. The highest BCUT2D eigenvalue weighted by Gasteiger charge is 2.07. The number of phenolic OH excluding ortho intramolecular Hbond substituents is 1. The number of nitrogens with zero attached hydrogens (tertiary/aromatic N) is 1. The first-order valence-electron chi connectivity index (χ1n) is 8.96. The topological polar surface area (TPSA) is 76.9 Å². The van der Waals surface area contributed by atoms with E-state index in [0.717, 1.165) is 5.57 Å². The predicted molar refractivity (Wildman–Crippen MR) is 127 cm³/mol. The smallest absolute Gasteiger partial charge is 0.200 e. The van der Waals surface area contributed by atoms with E-state index in [-0.39, 0.29) is 11.0 Å². The van der Waals surface area contributed by atoms with E-state index in [2.05, 4.69) is 34.1 Å². The van der Waals surface area contributed by atoms with Crippen molar-refractivity contribution in [2.75, 3.05) is 0 Å². The summed E-state index contributed by atoms with van der Waals surface area (Å²) in [4.78, 5) is 14.7. The largest absolute Gasteiger partial charge is 0.508 e. The summed E-state index contributed by atoms with van der Waals surface area (Å²) in [6, 6.07) is 24.0. The van der Waals surface area contributed by atoms with Gasteiger partial charge in [0.05, 0.1) is 0 Å². The number of phenols is 1. The fourth-order valence-corrected chi connectivity index (χ4v) is 2.46. The highest BCUT2D eigenvalue weighted by Crippen LogP contribution is 2.17. The number of rotatable bonds is 3. The van der Waals surface area contributed by atoms with E-state index in [1.807, 2.05) is 48.5 Å². The van der Waals surface area contributed by atoms with Crippen LogP contribution in [-0.2, 0) is 0 Å². The molecule has 4 nitrogen and oxygen atoms in total. The summed E-state index contributed by atoms with van der Waals surface area (Å²) in [5, 5.41) is 17.4. The number of aryl methyl sites for hydroxylation is 1. The molecule has 0 amide bonds. The van der Waals surface area contributed by atoms with E-state index >= 15 is 0 Å². The number of H-pyrrole nitrogens is 1. The number of nitrogens with one attached hydrogen (secondary N) is 1. The number of aromatic amines is 1. The van der Waals surface area contributed by atoms with Gasteiger partial charge in [-0.25, -0.2) is 0 Å². The Hall–Kier alpha value is -3.62. The molecule has 1 aromatic heterocycles. The molecule has 0 atom stereocenters. The van der Waals surface area contributed by atoms with Crippen LogP contribution in [0.5, 0.6) is 5.75 Å². The summed E-state index contributed by atoms with van der Waals surface area (Å²) in [6.45, 7) is 9.06. The average Bonchev–Trinajstić information content (AvgIpc) is 2.74. The molecule has 0 radical (unpaired) electrons. The van der Waals surface area contributed by atoms with Crippen molar-refractivity contribution in [3.63, 3.8) is 0 Å². The van der Waals surface area contributed by atoms with Gasteiger partial charge in [-0.2, -0.15) is 5.26 Å². The van der Waals surface area contributed by atoms with E-state index < -0.39 is 0 Å². The third-order valence-electron chi connectivity index (χ3n) is 3.60. The maximum Gasteiger partial charge on any atom is 0.200 e. The summed E-state index contributed by atoms with van der Waals surface area (Å²) in [5.74, 6) is 0.322. The molecule has 0 unspecified atom stereocenters. The molecule has 2 N–H and O–H groups in total. The Morgan fingerprint density at radius 3 is 1.93 bits per heavy atom. The van der Waals surface area contributed by atoms with Crippen molar-refractivity contribution >= 4 is 21.5 Å². The van der Waals surface area contributed by atoms with Gasteiger partial charge in [0.25, 0.3) is 0 Å². The van der Waals surface area contributed by atoms with Crippen molar-refractivity contribution in [3.05, 3.63) is 130 Å². The number of halogens is 1. The molecule has 152 valence electrons. The second-order valence-electron chi connectivity index (χ2n) is 5.90. The molecule has 0 aliphatic heterocycles. The van der Waals surface area contributed by atoms with Crippen LogP contribution in [0.2, 0.25) is 0 Å². The van der Waals surface area contributed by atoms with Gasteiger partial charge in [-0.3, -0.25) is 4.79 Å². The fraction of sp³-hybridized carbons (Fsp3) is 0.0400. The zero-order valence-corrected chi connectivity index (χ0v) is 18.3. The van der Waals surface area contributed by atoms with Crippen molar-refractivity contribution in [2.45, 2.75) is 6.92 Å². The molecule has 30 heavy (non-hydrogen) atoms. The number of pyridine rings is 1. The van der Waals surface area contributed by atoms with E-state index in [1.54, 1.807) is 43.3 Å². The second-order valence-corrected chi connectivity index (χ2v) is 6.92. The lowest BCUT2D eigenvalue weighted by Crippen LogP contribution is -2.10. The maximum atomic E-state index is 11.7. The Bertz CT molecular complexity index is 1050. The van der Waals surface area contributed by atoms with Gasteiger partial charge < -0.3 is 10.1 Å². The molecule has 0 bridgehead atoms. The number of aromatic hydroxyl groups is 1. The van der Waals surface area contributed by atoms with Crippen LogP contribution in [0.1, 0.15) is 17.0 Å². The van der Waals surface area contributed by atoms with Crippen molar-refractivity contribution in [1.29, 1.82) is 5.26 Å². The Labute approximate surface area is 185 Å². The summed E-state index contributed by atoms with van der Waals surface area (Å²) in [7, 11) is 0. The van der Waals surface area contributed by atoms with Crippen molar-refractivity contribution in [3.8, 4) is 11.8 Å². The van der Waals surface area contributed by atoms with Gasteiger partial charge in [0.15, 0.2) is 5.43 Å². The third kappa shape index (κ3) is 9.05. The van der Waals surface area contributed by atoms with Crippen LogP contribution in [0.4, 0.5) is 0 Å². The minimum atomic E-state index is -0.299. The quantitative estimate of drug-likeness (QED) is 0.460. The van der Waals surface area contributed by atoms with Crippen LogP contribution in [0.15, 0.2) is 107 Å². The Morgan fingerprint density at radius 1 is 1.10 bits per heavy atom. The molecular formula is C25H23BrN2O2. The van der Waals surface area contributed by atoms with E-state index in [0.29, 0.717) is 21.6 Å². The first kappa shape index (κ1) is 24.4. The van der Waals surface area contributed by atoms with E-state index in [1.165, 1.54) is 6.07 Å². The molecule has 0 fully saturated rings. The van der Waals surface area contributed by atoms with Gasteiger partial charge in [0.2, 0.25) is 0 Å². The molecular weight excluding hydrogens is 440 g/mol. The Kier molecular flexibility index (Phi) is 11.0. The van der Waals surface area contributed by atoms with Gasteiger partial charge >= 0.3 is 0 Å². The van der Waals surface area contributed by atoms with E-state index in [9.17, 15) is 4.79 Å². The highest BCUT2D eigenvalue weighted by atomic mass is 79.9. The minimum Gasteiger partial charge on any atom is -0.508 e. The molecule has 5 heteroatoms. The van der Waals surface area contributed by atoms with Crippen LogP contribution >= 0.6 is 15.9 Å². The maximum absolute atomic E-state index is 11.7. The summed E-state index contributed by atoms with van der Waals surface area (Å²) in [5.41, 5.74) is 1.73. The van der Waals surface area contributed by atoms with Crippen molar-refractivity contribution < 1.29 is 5.11 Å². The van der Waals surface area contributed by atoms with Gasteiger partial charge in [-0.15, -0.1) is 0 Å². The number of para-hydroxylation sites is 1. The number of benzene rings is 2. The lowest BCUT2D eigenvalue weighted by molar-refractivity contribution is 0.475. The van der Waals surface area contributed by atoms with Gasteiger partial charge in [0, 0.05) is 21.9 Å². The first-order valence-corrected chi connectivity index (χ1v) is 9.75. The minimum absolute atomic E-state index is 0.134. The number of hydrogen-bond acceptors (Lipinski definition) is 3. The first-order chi connectivity index (χ1) is 14.4. The van der Waals surface area contributed by atoms with Gasteiger partial charge in [0.1, 0.15) is 17.4 Å². The number of nitriles is 1. The number of aromatic nitrogens is 1. The summed E-state index contributed by atoms with van der Waals surface area (Å²) in [6.07, 6.45) is 3.35. The highest BCUT2D eigenvalue weighted by molar-refractivity contribution is 9.11. The molecule has 0 spiro atoms. The Balaban J connectivity index is 0.000000279. The zero-order valence-electron chi connectivity index (χ0n) is 16.7. The molecule has 0 aliphatic carbocycles. The normalized spacial score (nSPS) is 9.70. The third-order valence-corrected chi connectivity index (χ3v) is 3.83. The number of hydrogen-bond donors (Lipinski definition) is 2. The van der Waals surface area contributed by atoms with Crippen LogP contribution in [0.25, 0.3) is 5.57 Å². The average molecular weight is 463 g/mol. The SMILES string of the molecule is C=C/C(=C\C(=C)Br)c1cc(=O)c(C#N)c(C)[nH]1.Oc1ccccc1.c1ccccc1. The lowest BCUT2D eigenvalue weighted by atomic mass is 10.1. The van der Waals surface area contributed by atoms with Crippen LogP contribution in [0, 0.1) is 18.3 Å². The van der Waals surface area contributed by atoms with Crippen LogP contribution < -0.4 is 5.43 Å². The van der Waals surface area contributed by atoms with Gasteiger partial charge in [-0.05, 0) is 30.7 Å². The summed E-state index contributed by atoms with van der Waals surface area (Å²) < 4.78 is 0.676. The van der Waals surface area contributed by atoms with Crippen molar-refractivity contribution in [1.82, 2.24) is 4.98 Å². The standard InChI is InChI=1S/C13H11BrN2O.C6H6O.C6H6/c1-4-10(5-8(2)14)12-6-13(17)11(7-15)9(3)16-12;7-6-4-2-1-3-5-6;1-2-4-6-5-3-1/h4-6H,1-2H2,3H3,(H,16,17);1-5,7H;1-6H/b10-5+;;. The second kappa shape index (κ2) is 13.5. The molecule has 1 heterocycles. The summed E-state index contributed by atoms with van der Waals surface area (Å²) >= 11 is 3.22. The predicted octanol–water partition coefficient (Wildman–Crippen LogP) is 6.11. The van der Waals surface area contributed by atoms with Crippen LogP contribution in [-0.4, -0.2) is 10.1 Å². The molecule has 0 saturated heterocycles. The molecule has 3 aromatic rings. The molecule has 3 rings (SSSR count). The molecule has 0 aliphatic rings. The Morgan fingerprint density at radius 2 is 1.60 bits per heavy atom. The molecule has 2 aromatic carbocycles. The fourth-order valence-electron chi connectivity index (χ4n) is 2.21. The molecule has 0 saturated carbocycles. The van der Waals surface area contributed by atoms with E-state index in [4.69, 9.17) is 10.4 Å². The van der Waals surface area contributed by atoms with Crippen LogP contribution in [0.3, 0.4) is 0 Å². The zero-order chi connectivity index (χ0) is 22.4. The van der Waals surface area contributed by atoms with Crippen molar-refractivity contribution in [2.24, 2.45) is 0 Å². The van der Waals surface area contributed by atoms with Gasteiger partial charge in [-0.1, -0.05) is 89.8 Å². The lowest BCUT2D eigenvalue weighted by Gasteiger charge is -2.05.